The summed E-state index contributed by atoms with van der Waals surface area (Å²) in [6.07, 6.45) is 2.46. The molecule has 3 heterocycles. The Hall–Kier alpha value is -2.98. The maximum atomic E-state index is 14.0. The third-order valence-electron chi connectivity index (χ3n) is 5.25. The first kappa shape index (κ1) is 23.2. The summed E-state index contributed by atoms with van der Waals surface area (Å²) < 4.78 is 21.8. The Morgan fingerprint density at radius 1 is 1.12 bits per heavy atom. The van der Waals surface area contributed by atoms with Gasteiger partial charge in [-0.05, 0) is 36.6 Å². The number of nitrogens with zero attached hydrogens (tertiary/aromatic N) is 5. The molecule has 174 valence electrons. The van der Waals surface area contributed by atoms with Gasteiger partial charge < -0.3 is 9.51 Å². The van der Waals surface area contributed by atoms with Crippen molar-refractivity contribution in [3.63, 3.8) is 0 Å². The molecule has 0 radical (unpaired) electrons. The average Bonchev–Trinajstić information content (AvgIpc) is 3.39. The summed E-state index contributed by atoms with van der Waals surface area (Å²) >= 11 is 12.0. The van der Waals surface area contributed by atoms with E-state index in [1.165, 1.54) is 16.7 Å². The van der Waals surface area contributed by atoms with Gasteiger partial charge in [0.05, 0.1) is 0 Å². The van der Waals surface area contributed by atoms with Gasteiger partial charge in [-0.3, -0.25) is 13.9 Å². The highest BCUT2D eigenvalue weighted by Gasteiger charge is 2.17. The molecular weight excluding hydrogens is 474 g/mol. The van der Waals surface area contributed by atoms with Crippen LogP contribution in [0.5, 0.6) is 0 Å². The molecule has 0 bridgehead atoms. The number of unbranched alkanes of at least 4 members (excludes halogenated alkanes) is 1. The Bertz CT molecular complexity index is 1390. The average molecular weight is 495 g/mol. The minimum absolute atomic E-state index is 0.0536. The van der Waals surface area contributed by atoms with Crippen molar-refractivity contribution in [2.24, 2.45) is 0 Å². The quantitative estimate of drug-likeness (QED) is 0.354. The van der Waals surface area contributed by atoms with Crippen molar-refractivity contribution < 1.29 is 8.91 Å². The molecule has 1 N–H and O–H groups in total. The summed E-state index contributed by atoms with van der Waals surface area (Å²) in [4.78, 5) is 36.9. The van der Waals surface area contributed by atoms with Gasteiger partial charge in [-0.1, -0.05) is 36.2 Å². The third kappa shape index (κ3) is 4.86. The van der Waals surface area contributed by atoms with Crippen LogP contribution >= 0.6 is 23.2 Å². The lowest BCUT2D eigenvalue weighted by atomic mass is 10.1. The van der Waals surface area contributed by atoms with Crippen LogP contribution in [0.15, 0.2) is 32.3 Å². The molecule has 0 aliphatic rings. The van der Waals surface area contributed by atoms with E-state index in [-0.39, 0.29) is 40.0 Å². The highest BCUT2D eigenvalue weighted by Crippen LogP contribution is 2.21. The van der Waals surface area contributed by atoms with Crippen molar-refractivity contribution in [1.82, 2.24) is 29.2 Å². The van der Waals surface area contributed by atoms with Gasteiger partial charge in [-0.15, -0.1) is 0 Å². The zero-order valence-corrected chi connectivity index (χ0v) is 19.3. The Balaban J connectivity index is 1.50. The largest absolute Gasteiger partial charge is 0.339 e. The van der Waals surface area contributed by atoms with Gasteiger partial charge in [0.25, 0.3) is 5.56 Å². The number of benzene rings is 1. The molecule has 0 spiro atoms. The van der Waals surface area contributed by atoms with Gasteiger partial charge in [0, 0.05) is 36.5 Å². The molecule has 0 unspecified atom stereocenters. The molecule has 4 rings (SSSR count). The number of nitrogens with one attached hydrogen (secondary N) is 1. The molecule has 0 fully saturated rings. The SMILES string of the molecule is CCCCn1c(=O)n(CCCc2nc(Cc3c(F)cccc3Cl)no2)c(=O)c2[nH]c(Cl)nc21. The fraction of sp³-hybridized carbons (Fsp3) is 0.381. The first-order chi connectivity index (χ1) is 15.9. The second kappa shape index (κ2) is 9.88. The predicted molar refractivity (Wildman–Crippen MR) is 121 cm³/mol. The summed E-state index contributed by atoms with van der Waals surface area (Å²) in [5.41, 5.74) is -0.185. The van der Waals surface area contributed by atoms with Crippen molar-refractivity contribution in [1.29, 1.82) is 0 Å². The normalized spacial score (nSPS) is 11.5. The zero-order valence-electron chi connectivity index (χ0n) is 17.8. The maximum absolute atomic E-state index is 14.0. The number of aryl methyl sites for hydroxylation is 2. The monoisotopic (exact) mass is 494 g/mol. The molecule has 12 heteroatoms. The van der Waals surface area contributed by atoms with Crippen LogP contribution in [0.25, 0.3) is 11.2 Å². The summed E-state index contributed by atoms with van der Waals surface area (Å²) in [5, 5.41) is 4.21. The van der Waals surface area contributed by atoms with Gasteiger partial charge in [-0.25, -0.2) is 9.18 Å². The lowest BCUT2D eigenvalue weighted by Crippen LogP contribution is -2.40. The lowest BCUT2D eigenvalue weighted by molar-refractivity contribution is 0.367. The molecule has 4 aromatic rings. The van der Waals surface area contributed by atoms with E-state index in [1.807, 2.05) is 6.92 Å². The Kier molecular flexibility index (Phi) is 6.94. The number of imidazole rings is 1. The second-order valence-electron chi connectivity index (χ2n) is 7.56. The van der Waals surface area contributed by atoms with Crippen molar-refractivity contribution in [3.05, 3.63) is 72.4 Å². The van der Waals surface area contributed by atoms with E-state index in [2.05, 4.69) is 20.1 Å². The van der Waals surface area contributed by atoms with E-state index in [9.17, 15) is 14.0 Å². The van der Waals surface area contributed by atoms with Gasteiger partial charge in [-0.2, -0.15) is 9.97 Å². The molecule has 1 aromatic carbocycles. The van der Waals surface area contributed by atoms with Crippen LogP contribution in [0.2, 0.25) is 10.3 Å². The van der Waals surface area contributed by atoms with Crippen LogP contribution in [0.4, 0.5) is 4.39 Å². The molecular formula is C21H21Cl2FN6O3. The maximum Gasteiger partial charge on any atom is 0.332 e. The van der Waals surface area contributed by atoms with Crippen molar-refractivity contribution in [3.8, 4) is 0 Å². The van der Waals surface area contributed by atoms with Crippen molar-refractivity contribution >= 4 is 34.4 Å². The van der Waals surface area contributed by atoms with Crippen LogP contribution < -0.4 is 11.2 Å². The Morgan fingerprint density at radius 3 is 2.67 bits per heavy atom. The molecule has 33 heavy (non-hydrogen) atoms. The summed E-state index contributed by atoms with van der Waals surface area (Å²) in [5.74, 6) is 0.175. The predicted octanol–water partition coefficient (Wildman–Crippen LogP) is 3.74. The number of aromatic amines is 1. The van der Waals surface area contributed by atoms with Crippen LogP contribution in [0.1, 0.15) is 43.5 Å². The molecule has 9 nitrogen and oxygen atoms in total. The number of halogens is 3. The highest BCUT2D eigenvalue weighted by atomic mass is 35.5. The molecule has 0 atom stereocenters. The summed E-state index contributed by atoms with van der Waals surface area (Å²) in [7, 11) is 0. The molecule has 0 aliphatic carbocycles. The van der Waals surface area contributed by atoms with Crippen LogP contribution in [0, 0.1) is 5.82 Å². The number of fused-ring (bicyclic) bond motifs is 1. The first-order valence-corrected chi connectivity index (χ1v) is 11.3. The highest BCUT2D eigenvalue weighted by molar-refractivity contribution is 6.31. The minimum atomic E-state index is -0.484. The number of hydrogen-bond acceptors (Lipinski definition) is 6. The number of H-pyrrole nitrogens is 1. The van der Waals surface area contributed by atoms with Crippen LogP contribution in [-0.2, 0) is 25.9 Å². The van der Waals surface area contributed by atoms with E-state index in [4.69, 9.17) is 27.7 Å². The number of hydrogen-bond donors (Lipinski definition) is 1. The number of rotatable bonds is 9. The van der Waals surface area contributed by atoms with Crippen molar-refractivity contribution in [2.45, 2.75) is 52.1 Å². The van der Waals surface area contributed by atoms with Crippen LogP contribution in [0.3, 0.4) is 0 Å². The third-order valence-corrected chi connectivity index (χ3v) is 5.78. The van der Waals surface area contributed by atoms with Gasteiger partial charge in [0.1, 0.15) is 5.82 Å². The van der Waals surface area contributed by atoms with E-state index >= 15 is 0 Å². The van der Waals surface area contributed by atoms with E-state index in [0.717, 1.165) is 17.4 Å². The molecule has 0 saturated heterocycles. The van der Waals surface area contributed by atoms with E-state index < -0.39 is 17.1 Å². The smallest absolute Gasteiger partial charge is 0.332 e. The topological polar surface area (TPSA) is 112 Å². The fourth-order valence-corrected chi connectivity index (χ4v) is 3.97. The Morgan fingerprint density at radius 2 is 1.91 bits per heavy atom. The van der Waals surface area contributed by atoms with Gasteiger partial charge in [0.15, 0.2) is 17.0 Å². The summed E-state index contributed by atoms with van der Waals surface area (Å²) in [6, 6.07) is 4.43. The molecule has 0 aliphatic heterocycles. The summed E-state index contributed by atoms with van der Waals surface area (Å²) in [6.45, 7) is 2.58. The first-order valence-electron chi connectivity index (χ1n) is 10.5. The van der Waals surface area contributed by atoms with E-state index in [1.54, 1.807) is 6.07 Å². The van der Waals surface area contributed by atoms with Crippen LogP contribution in [-0.4, -0.2) is 29.2 Å². The minimum Gasteiger partial charge on any atom is -0.339 e. The second-order valence-corrected chi connectivity index (χ2v) is 8.32. The standard InChI is InChI=1S/C21H21Cl2FN6O3/c1-2-3-9-29-18-17(26-20(23)27-18)19(31)30(21(29)32)10-5-8-16-25-15(28-33-16)11-12-13(22)6-4-7-14(12)24/h4,6-7H,2-3,5,8-11H2,1H3,(H,26,27). The number of aromatic nitrogens is 6. The molecule has 0 amide bonds. The van der Waals surface area contributed by atoms with Gasteiger partial charge in [0.2, 0.25) is 11.2 Å². The van der Waals surface area contributed by atoms with Gasteiger partial charge >= 0.3 is 5.69 Å². The molecule has 3 aromatic heterocycles. The zero-order chi connectivity index (χ0) is 23.5. The fourth-order valence-electron chi connectivity index (χ4n) is 3.56. The lowest BCUT2D eigenvalue weighted by Gasteiger charge is -2.10. The van der Waals surface area contributed by atoms with E-state index in [0.29, 0.717) is 31.1 Å². The molecule has 0 saturated carbocycles. The van der Waals surface area contributed by atoms with Crippen molar-refractivity contribution in [2.75, 3.05) is 0 Å². The Labute approximate surface area is 197 Å².